The summed E-state index contributed by atoms with van der Waals surface area (Å²) in [6.07, 6.45) is 46.9. The normalized spacial score (nSPS) is 20.2. The van der Waals surface area contributed by atoms with Gasteiger partial charge in [-0.05, 0) is 38.5 Å². The molecule has 422 valence electrons. The molecular weight excluding hydrogens is 895 g/mol. The van der Waals surface area contributed by atoms with Crippen LogP contribution in [0.25, 0.3) is 0 Å². The Kier molecular flexibility index (Phi) is 47.5. The predicted molar refractivity (Wildman–Crippen MR) is 293 cm³/mol. The molecule has 0 aromatic rings. The van der Waals surface area contributed by atoms with Gasteiger partial charge in [-0.1, -0.05) is 270 Å². The fourth-order valence-corrected chi connectivity index (χ4v) is 10.1. The van der Waals surface area contributed by atoms with E-state index in [-0.39, 0.29) is 6.42 Å². The zero-order valence-electron chi connectivity index (χ0n) is 46.2. The van der Waals surface area contributed by atoms with Gasteiger partial charge in [0.1, 0.15) is 36.6 Å². The first-order valence-electron chi connectivity index (χ1n) is 30.6. The number of carbonyl (C=O) groups is 1. The number of hydrogen-bond donors (Lipinski definition) is 8. The highest BCUT2D eigenvalue weighted by Crippen LogP contribution is 2.24. The van der Waals surface area contributed by atoms with E-state index < -0.39 is 74.2 Å². The molecule has 1 aliphatic heterocycles. The van der Waals surface area contributed by atoms with Crippen molar-refractivity contribution in [1.82, 2.24) is 5.32 Å². The summed E-state index contributed by atoms with van der Waals surface area (Å²) in [5.74, 6) is -0.696. The molecule has 71 heavy (non-hydrogen) atoms. The Labute approximate surface area is 436 Å². The first kappa shape index (κ1) is 67.9. The van der Waals surface area contributed by atoms with Crippen LogP contribution in [0.2, 0.25) is 0 Å². The third-order valence-corrected chi connectivity index (χ3v) is 15.1. The van der Waals surface area contributed by atoms with E-state index >= 15 is 0 Å². The van der Waals surface area contributed by atoms with E-state index in [9.17, 15) is 40.5 Å². The van der Waals surface area contributed by atoms with Gasteiger partial charge < -0.3 is 50.5 Å². The lowest BCUT2D eigenvalue weighted by Gasteiger charge is -2.40. The van der Waals surface area contributed by atoms with Crippen LogP contribution in [0.1, 0.15) is 296 Å². The maximum absolute atomic E-state index is 13.2. The molecule has 0 aromatic carbocycles. The molecule has 0 radical (unpaired) electrons. The highest BCUT2D eigenvalue weighted by molar-refractivity contribution is 5.80. The highest BCUT2D eigenvalue weighted by Gasteiger charge is 2.44. The van der Waals surface area contributed by atoms with Crippen LogP contribution in [-0.4, -0.2) is 110 Å². The molecule has 1 heterocycles. The summed E-state index contributed by atoms with van der Waals surface area (Å²) >= 11 is 0. The van der Waals surface area contributed by atoms with Crippen LogP contribution < -0.4 is 5.32 Å². The molecule has 1 saturated heterocycles. The maximum Gasteiger partial charge on any atom is 0.249 e. The van der Waals surface area contributed by atoms with Crippen LogP contribution in [0.15, 0.2) is 12.2 Å². The van der Waals surface area contributed by atoms with E-state index in [4.69, 9.17) is 9.47 Å². The number of unbranched alkanes of at least 4 members (excludes halogenated alkanes) is 39. The number of aliphatic hydroxyl groups is 7. The standard InChI is InChI=1S/C60H117NO10/c1-3-5-7-9-11-13-15-17-19-21-23-25-26-27-28-30-31-33-35-37-39-41-43-45-47-52(63)55(65)51(50-70-60-58(68)57(67)56(66)54(49-62)71-60)61-59(69)53(64)48-46-44-42-40-38-36-34-32-29-24-22-20-18-16-14-12-10-8-6-4-2/h29,32,51-58,60,62-68H,3-28,30-31,33-50H2,1-2H3,(H,61,69)/b32-29-. The number of carbonyl (C=O) groups excluding carboxylic acids is 1. The summed E-state index contributed by atoms with van der Waals surface area (Å²) in [7, 11) is 0. The largest absolute Gasteiger partial charge is 0.394 e. The Bertz CT molecular complexity index is 1160. The van der Waals surface area contributed by atoms with Crippen molar-refractivity contribution in [2.24, 2.45) is 0 Å². The summed E-state index contributed by atoms with van der Waals surface area (Å²) in [5.41, 5.74) is 0. The van der Waals surface area contributed by atoms with E-state index in [0.717, 1.165) is 51.4 Å². The van der Waals surface area contributed by atoms with Crippen LogP contribution in [0.3, 0.4) is 0 Å². The number of amides is 1. The minimum absolute atomic E-state index is 0.256. The lowest BCUT2D eigenvalue weighted by Crippen LogP contribution is -2.60. The van der Waals surface area contributed by atoms with Gasteiger partial charge in [0.2, 0.25) is 5.91 Å². The fourth-order valence-electron chi connectivity index (χ4n) is 10.1. The second-order valence-electron chi connectivity index (χ2n) is 21.8. The number of rotatable bonds is 53. The zero-order chi connectivity index (χ0) is 51.8. The Morgan fingerprint density at radius 3 is 1.18 bits per heavy atom. The van der Waals surface area contributed by atoms with Gasteiger partial charge in [-0.15, -0.1) is 0 Å². The molecular formula is C60H117NO10. The van der Waals surface area contributed by atoms with Gasteiger partial charge in [0.25, 0.3) is 0 Å². The van der Waals surface area contributed by atoms with Crippen LogP contribution in [-0.2, 0) is 14.3 Å². The molecule has 1 fully saturated rings. The number of hydrogen-bond acceptors (Lipinski definition) is 10. The zero-order valence-corrected chi connectivity index (χ0v) is 46.2. The van der Waals surface area contributed by atoms with Crippen molar-refractivity contribution in [3.8, 4) is 0 Å². The van der Waals surface area contributed by atoms with E-state index in [1.165, 1.54) is 205 Å². The molecule has 9 unspecified atom stereocenters. The van der Waals surface area contributed by atoms with Crippen LogP contribution >= 0.6 is 0 Å². The molecule has 11 nitrogen and oxygen atoms in total. The van der Waals surface area contributed by atoms with Crippen molar-refractivity contribution < 1.29 is 50.0 Å². The second-order valence-corrected chi connectivity index (χ2v) is 21.8. The van der Waals surface area contributed by atoms with Gasteiger partial charge in [-0.25, -0.2) is 0 Å². The first-order chi connectivity index (χ1) is 34.7. The van der Waals surface area contributed by atoms with E-state index in [0.29, 0.717) is 19.3 Å². The fraction of sp³-hybridized carbons (Fsp3) is 0.950. The number of nitrogens with one attached hydrogen (secondary N) is 1. The summed E-state index contributed by atoms with van der Waals surface area (Å²) in [6, 6.07) is -1.17. The van der Waals surface area contributed by atoms with E-state index in [1.54, 1.807) is 0 Å². The van der Waals surface area contributed by atoms with E-state index in [2.05, 4.69) is 31.3 Å². The van der Waals surface area contributed by atoms with Crippen molar-refractivity contribution in [3.05, 3.63) is 12.2 Å². The molecule has 9 atom stereocenters. The first-order valence-corrected chi connectivity index (χ1v) is 30.6. The molecule has 0 spiro atoms. The minimum Gasteiger partial charge on any atom is -0.394 e. The summed E-state index contributed by atoms with van der Waals surface area (Å²) in [5, 5.41) is 76.3. The quantitative estimate of drug-likeness (QED) is 0.0215. The number of ether oxygens (including phenoxy) is 2. The van der Waals surface area contributed by atoms with Gasteiger partial charge in [0.15, 0.2) is 6.29 Å². The molecule has 0 aromatic heterocycles. The maximum atomic E-state index is 13.2. The molecule has 1 aliphatic rings. The Balaban J connectivity index is 2.28. The van der Waals surface area contributed by atoms with Crippen LogP contribution in [0.5, 0.6) is 0 Å². The van der Waals surface area contributed by atoms with Crippen LogP contribution in [0.4, 0.5) is 0 Å². The van der Waals surface area contributed by atoms with Gasteiger partial charge in [-0.3, -0.25) is 4.79 Å². The highest BCUT2D eigenvalue weighted by atomic mass is 16.7. The topological polar surface area (TPSA) is 189 Å². The number of allylic oxidation sites excluding steroid dienone is 2. The average Bonchev–Trinajstić information content (AvgIpc) is 3.37. The Morgan fingerprint density at radius 1 is 0.479 bits per heavy atom. The van der Waals surface area contributed by atoms with Crippen molar-refractivity contribution in [1.29, 1.82) is 0 Å². The number of aliphatic hydroxyl groups excluding tert-OH is 7. The van der Waals surface area contributed by atoms with Crippen molar-refractivity contribution >= 4 is 5.91 Å². The van der Waals surface area contributed by atoms with Crippen molar-refractivity contribution in [3.63, 3.8) is 0 Å². The third-order valence-electron chi connectivity index (χ3n) is 15.1. The lowest BCUT2D eigenvalue weighted by molar-refractivity contribution is -0.303. The van der Waals surface area contributed by atoms with Gasteiger partial charge >= 0.3 is 0 Å². The second kappa shape index (κ2) is 49.7. The lowest BCUT2D eigenvalue weighted by atomic mass is 9.98. The summed E-state index contributed by atoms with van der Waals surface area (Å²) in [6.45, 7) is 3.50. The molecule has 0 aliphatic carbocycles. The molecule has 0 saturated carbocycles. The molecule has 8 N–H and O–H groups in total. The third kappa shape index (κ3) is 38.1. The minimum atomic E-state index is -1.66. The predicted octanol–water partition coefficient (Wildman–Crippen LogP) is 13.1. The smallest absolute Gasteiger partial charge is 0.249 e. The molecule has 11 heteroatoms. The average molecular weight is 1010 g/mol. The Hall–Kier alpha value is -1.15. The van der Waals surface area contributed by atoms with E-state index in [1.807, 2.05) is 0 Å². The summed E-state index contributed by atoms with van der Waals surface area (Å²) < 4.78 is 11.2. The van der Waals surface area contributed by atoms with Gasteiger partial charge in [-0.2, -0.15) is 0 Å². The Morgan fingerprint density at radius 2 is 0.817 bits per heavy atom. The monoisotopic (exact) mass is 1010 g/mol. The van der Waals surface area contributed by atoms with Crippen molar-refractivity contribution in [2.45, 2.75) is 351 Å². The SMILES string of the molecule is CCCCCCCCCCCC/C=C\CCCCCCCCC(O)C(=O)NC(COC1OC(CO)C(O)C(O)C1O)C(O)C(O)CCCCCCCCCCCCCCCCCCCCCCCCCC. The molecule has 1 amide bonds. The van der Waals surface area contributed by atoms with Crippen molar-refractivity contribution in [2.75, 3.05) is 13.2 Å². The summed E-state index contributed by atoms with van der Waals surface area (Å²) in [4.78, 5) is 13.2. The molecule has 0 bridgehead atoms. The van der Waals surface area contributed by atoms with Crippen LogP contribution in [0, 0.1) is 0 Å². The molecule has 1 rings (SSSR count). The van der Waals surface area contributed by atoms with Gasteiger partial charge in [0.05, 0.1) is 25.4 Å². The van der Waals surface area contributed by atoms with Gasteiger partial charge in [0, 0.05) is 0 Å².